The molecule has 2 aliphatic rings. The van der Waals surface area contributed by atoms with E-state index >= 15 is 0 Å². The number of nitrogens with two attached hydrogens (primary N) is 1. The van der Waals surface area contributed by atoms with Gasteiger partial charge >= 0.3 is 6.09 Å². The Morgan fingerprint density at radius 3 is 2.35 bits per heavy atom. The summed E-state index contributed by atoms with van der Waals surface area (Å²) in [7, 11) is 0. The van der Waals surface area contributed by atoms with Crippen LogP contribution in [0.2, 0.25) is 0 Å². The summed E-state index contributed by atoms with van der Waals surface area (Å²) in [5.74, 6) is 1.37. The minimum absolute atomic E-state index is 0.111. The van der Waals surface area contributed by atoms with Gasteiger partial charge in [-0.15, -0.1) is 0 Å². The normalized spacial score (nSPS) is 29.3. The molecule has 0 aromatic carbocycles. The smallest absolute Gasteiger partial charge is 0.410 e. The second kappa shape index (κ2) is 6.33. The maximum absolute atomic E-state index is 12.1. The molecule has 1 saturated carbocycles. The van der Waals surface area contributed by atoms with E-state index in [1.165, 1.54) is 32.1 Å². The van der Waals surface area contributed by atoms with E-state index in [2.05, 4.69) is 0 Å². The van der Waals surface area contributed by atoms with Crippen LogP contribution < -0.4 is 5.73 Å². The number of piperidine rings is 1. The third-order valence-electron chi connectivity index (χ3n) is 4.62. The van der Waals surface area contributed by atoms with Crippen LogP contribution in [-0.2, 0) is 4.74 Å². The highest BCUT2D eigenvalue weighted by Crippen LogP contribution is 2.35. The summed E-state index contributed by atoms with van der Waals surface area (Å²) in [5, 5.41) is 0. The van der Waals surface area contributed by atoms with Crippen LogP contribution in [0.25, 0.3) is 0 Å². The highest BCUT2D eigenvalue weighted by molar-refractivity contribution is 5.68. The van der Waals surface area contributed by atoms with E-state index in [9.17, 15) is 4.79 Å². The molecule has 1 heterocycles. The highest BCUT2D eigenvalue weighted by atomic mass is 16.6. The van der Waals surface area contributed by atoms with Crippen molar-refractivity contribution in [3.8, 4) is 0 Å². The van der Waals surface area contributed by atoms with Crippen molar-refractivity contribution in [2.24, 2.45) is 17.6 Å². The third-order valence-corrected chi connectivity index (χ3v) is 4.62. The van der Waals surface area contributed by atoms with E-state index < -0.39 is 5.60 Å². The quantitative estimate of drug-likeness (QED) is 0.803. The van der Waals surface area contributed by atoms with E-state index in [4.69, 9.17) is 10.5 Å². The lowest BCUT2D eigenvalue weighted by atomic mass is 9.74. The number of hydrogen-bond acceptors (Lipinski definition) is 3. The zero-order valence-electron chi connectivity index (χ0n) is 13.2. The Morgan fingerprint density at radius 1 is 1.15 bits per heavy atom. The van der Waals surface area contributed by atoms with Gasteiger partial charge in [-0.1, -0.05) is 32.1 Å². The first kappa shape index (κ1) is 15.6. The number of likely N-dealkylation sites (tertiary alicyclic amines) is 1. The van der Waals surface area contributed by atoms with Crippen LogP contribution >= 0.6 is 0 Å². The summed E-state index contributed by atoms with van der Waals surface area (Å²) >= 11 is 0. The lowest BCUT2D eigenvalue weighted by molar-refractivity contribution is 0.0113. The highest BCUT2D eigenvalue weighted by Gasteiger charge is 2.35. The molecule has 2 fully saturated rings. The Labute approximate surface area is 123 Å². The molecule has 20 heavy (non-hydrogen) atoms. The lowest BCUT2D eigenvalue weighted by Crippen LogP contribution is -2.53. The van der Waals surface area contributed by atoms with Crippen molar-refractivity contribution in [3.63, 3.8) is 0 Å². The molecule has 2 rings (SSSR count). The second-order valence-electron chi connectivity index (χ2n) is 7.44. The molecule has 0 spiro atoms. The standard InChI is InChI=1S/C16H30N2O2/c1-16(2,3)20-15(19)18-10-9-13(14(17)11-18)12-7-5-4-6-8-12/h12-14H,4-11,17H2,1-3H3. The number of carbonyl (C=O) groups excluding carboxylic acids is 1. The molecule has 2 atom stereocenters. The molecule has 0 bridgehead atoms. The molecule has 0 radical (unpaired) electrons. The van der Waals surface area contributed by atoms with Gasteiger partial charge in [0.15, 0.2) is 0 Å². The van der Waals surface area contributed by atoms with Crippen LogP contribution in [0.1, 0.15) is 59.3 Å². The SMILES string of the molecule is CC(C)(C)OC(=O)N1CCC(C2CCCCC2)C(N)C1. The molecule has 1 aliphatic heterocycles. The number of amides is 1. The van der Waals surface area contributed by atoms with E-state index in [1.54, 1.807) is 4.90 Å². The maximum Gasteiger partial charge on any atom is 0.410 e. The first-order valence-corrected chi connectivity index (χ1v) is 8.10. The van der Waals surface area contributed by atoms with Gasteiger partial charge in [0.05, 0.1) is 0 Å². The molecule has 116 valence electrons. The third kappa shape index (κ3) is 4.11. The van der Waals surface area contributed by atoms with Gasteiger partial charge in [0, 0.05) is 19.1 Å². The van der Waals surface area contributed by atoms with Crippen molar-refractivity contribution in [1.82, 2.24) is 4.90 Å². The van der Waals surface area contributed by atoms with Crippen LogP contribution in [0, 0.1) is 11.8 Å². The zero-order chi connectivity index (χ0) is 14.8. The van der Waals surface area contributed by atoms with Gasteiger partial charge in [0.1, 0.15) is 5.60 Å². The van der Waals surface area contributed by atoms with Crippen molar-refractivity contribution in [3.05, 3.63) is 0 Å². The summed E-state index contributed by atoms with van der Waals surface area (Å²) in [6.07, 6.45) is 7.55. The van der Waals surface area contributed by atoms with E-state index in [0.29, 0.717) is 12.5 Å². The van der Waals surface area contributed by atoms with E-state index in [-0.39, 0.29) is 12.1 Å². The second-order valence-corrected chi connectivity index (χ2v) is 7.44. The summed E-state index contributed by atoms with van der Waals surface area (Å²) < 4.78 is 5.44. The fourth-order valence-corrected chi connectivity index (χ4v) is 3.64. The van der Waals surface area contributed by atoms with Crippen molar-refractivity contribution in [2.75, 3.05) is 13.1 Å². The van der Waals surface area contributed by atoms with Crippen LogP contribution in [-0.4, -0.2) is 35.7 Å². The maximum atomic E-state index is 12.1. The number of rotatable bonds is 1. The monoisotopic (exact) mass is 282 g/mol. The van der Waals surface area contributed by atoms with Crippen LogP contribution in [0.4, 0.5) is 4.79 Å². The van der Waals surface area contributed by atoms with Crippen LogP contribution in [0.3, 0.4) is 0 Å². The Balaban J connectivity index is 1.86. The molecule has 1 amide bonds. The summed E-state index contributed by atoms with van der Waals surface area (Å²) in [5.41, 5.74) is 5.92. The van der Waals surface area contributed by atoms with Gasteiger partial charge < -0.3 is 15.4 Å². The first-order chi connectivity index (χ1) is 9.37. The number of nitrogens with zero attached hydrogens (tertiary/aromatic N) is 1. The van der Waals surface area contributed by atoms with Crippen LogP contribution in [0.15, 0.2) is 0 Å². The lowest BCUT2D eigenvalue weighted by Gasteiger charge is -2.41. The molecular formula is C16H30N2O2. The fraction of sp³-hybridized carbons (Fsp3) is 0.938. The largest absolute Gasteiger partial charge is 0.444 e. The Bertz CT molecular complexity index is 332. The predicted molar refractivity (Wildman–Crippen MR) is 80.5 cm³/mol. The van der Waals surface area contributed by atoms with Gasteiger partial charge in [-0.25, -0.2) is 4.79 Å². The Morgan fingerprint density at radius 2 is 1.80 bits per heavy atom. The summed E-state index contributed by atoms with van der Waals surface area (Å²) in [4.78, 5) is 13.9. The van der Waals surface area contributed by atoms with Gasteiger partial charge in [0.2, 0.25) is 0 Å². The zero-order valence-corrected chi connectivity index (χ0v) is 13.2. The average Bonchev–Trinajstić information content (AvgIpc) is 2.37. The van der Waals surface area contributed by atoms with Crippen LogP contribution in [0.5, 0.6) is 0 Å². The first-order valence-electron chi connectivity index (χ1n) is 8.10. The molecule has 0 aromatic rings. The van der Waals surface area contributed by atoms with Gasteiger partial charge in [-0.2, -0.15) is 0 Å². The van der Waals surface area contributed by atoms with E-state index in [0.717, 1.165) is 18.9 Å². The minimum atomic E-state index is -0.429. The predicted octanol–water partition coefficient (Wildman–Crippen LogP) is 3.15. The average molecular weight is 282 g/mol. The molecular weight excluding hydrogens is 252 g/mol. The van der Waals surface area contributed by atoms with Gasteiger partial charge in [0.25, 0.3) is 0 Å². The Kier molecular flexibility index (Phi) is 4.95. The molecule has 2 unspecified atom stereocenters. The molecule has 2 N–H and O–H groups in total. The number of carbonyl (C=O) groups is 1. The summed E-state index contributed by atoms with van der Waals surface area (Å²) in [6, 6.07) is 0.111. The minimum Gasteiger partial charge on any atom is -0.444 e. The number of ether oxygens (including phenoxy) is 1. The van der Waals surface area contributed by atoms with Crippen molar-refractivity contribution in [1.29, 1.82) is 0 Å². The molecule has 4 nitrogen and oxygen atoms in total. The van der Waals surface area contributed by atoms with Crippen molar-refractivity contribution >= 4 is 6.09 Å². The molecule has 0 aromatic heterocycles. The van der Waals surface area contributed by atoms with E-state index in [1.807, 2.05) is 20.8 Å². The molecule has 1 saturated heterocycles. The van der Waals surface area contributed by atoms with Crippen molar-refractivity contribution in [2.45, 2.75) is 70.9 Å². The fourth-order valence-electron chi connectivity index (χ4n) is 3.64. The van der Waals surface area contributed by atoms with Crippen molar-refractivity contribution < 1.29 is 9.53 Å². The topological polar surface area (TPSA) is 55.6 Å². The number of hydrogen-bond donors (Lipinski definition) is 1. The van der Waals surface area contributed by atoms with Gasteiger partial charge in [-0.05, 0) is 39.0 Å². The molecule has 4 heteroatoms. The molecule has 1 aliphatic carbocycles. The summed E-state index contributed by atoms with van der Waals surface area (Å²) in [6.45, 7) is 7.15. The Hall–Kier alpha value is -0.770. The van der Waals surface area contributed by atoms with Gasteiger partial charge in [-0.3, -0.25) is 0 Å².